The molecule has 0 spiro atoms. The number of aromatic nitrogens is 1. The van der Waals surface area contributed by atoms with Gasteiger partial charge in [-0.2, -0.15) is 0 Å². The maximum absolute atomic E-state index is 13.6. The Hall–Kier alpha value is -3.58. The standard InChI is InChI=1S/C26H26FN3O3/c27-23-10-4-8-21(14-23)19-33-24-16-29(13-11-20-6-2-1-3-7-20)25(31)18-30(17-24)26(32)22-9-5-12-28-15-22/h1-10,12,14-15,24H,11,13,16-19H2/t24-/m0/s1. The van der Waals surface area contributed by atoms with Gasteiger partial charge in [-0.1, -0.05) is 42.5 Å². The van der Waals surface area contributed by atoms with Crippen LogP contribution in [0.15, 0.2) is 79.1 Å². The molecule has 4 rings (SSSR count). The molecule has 6 nitrogen and oxygen atoms in total. The fourth-order valence-corrected chi connectivity index (χ4v) is 3.88. The van der Waals surface area contributed by atoms with E-state index in [4.69, 9.17) is 4.74 Å². The van der Waals surface area contributed by atoms with Crippen molar-refractivity contribution < 1.29 is 18.7 Å². The highest BCUT2D eigenvalue weighted by atomic mass is 19.1. The zero-order valence-corrected chi connectivity index (χ0v) is 18.3. The Morgan fingerprint density at radius 2 is 1.85 bits per heavy atom. The van der Waals surface area contributed by atoms with Crippen molar-refractivity contribution in [1.82, 2.24) is 14.8 Å². The normalized spacial score (nSPS) is 16.5. The first-order valence-corrected chi connectivity index (χ1v) is 11.0. The van der Waals surface area contributed by atoms with E-state index in [-0.39, 0.29) is 37.3 Å². The molecule has 1 saturated heterocycles. The van der Waals surface area contributed by atoms with Gasteiger partial charge in [-0.05, 0) is 41.8 Å². The van der Waals surface area contributed by atoms with Gasteiger partial charge in [0.05, 0.1) is 18.3 Å². The van der Waals surface area contributed by atoms with E-state index in [1.807, 2.05) is 30.3 Å². The minimum absolute atomic E-state index is 0.0255. The largest absolute Gasteiger partial charge is 0.370 e. The van der Waals surface area contributed by atoms with E-state index in [1.165, 1.54) is 23.2 Å². The second-order valence-electron chi connectivity index (χ2n) is 8.07. The SMILES string of the molecule is O=C1CN(C(=O)c2cccnc2)C[C@@H](OCc2cccc(F)c2)CN1CCc1ccccc1. The number of benzene rings is 2. The molecule has 1 aromatic heterocycles. The first-order valence-electron chi connectivity index (χ1n) is 11.0. The summed E-state index contributed by atoms with van der Waals surface area (Å²) >= 11 is 0. The fourth-order valence-electron chi connectivity index (χ4n) is 3.88. The highest BCUT2D eigenvalue weighted by Gasteiger charge is 2.31. The average molecular weight is 448 g/mol. The van der Waals surface area contributed by atoms with Crippen molar-refractivity contribution >= 4 is 11.8 Å². The van der Waals surface area contributed by atoms with E-state index >= 15 is 0 Å². The summed E-state index contributed by atoms with van der Waals surface area (Å²) in [5.41, 5.74) is 2.26. The van der Waals surface area contributed by atoms with E-state index < -0.39 is 6.10 Å². The number of amides is 2. The molecule has 0 unspecified atom stereocenters. The second-order valence-corrected chi connectivity index (χ2v) is 8.07. The Morgan fingerprint density at radius 3 is 2.61 bits per heavy atom. The summed E-state index contributed by atoms with van der Waals surface area (Å²) in [6, 6.07) is 19.6. The lowest BCUT2D eigenvalue weighted by Gasteiger charge is -2.25. The van der Waals surface area contributed by atoms with Crippen LogP contribution in [0, 0.1) is 5.82 Å². The molecule has 2 aromatic carbocycles. The molecule has 1 aliphatic heterocycles. The van der Waals surface area contributed by atoms with Gasteiger partial charge < -0.3 is 14.5 Å². The number of nitrogens with zero attached hydrogens (tertiary/aromatic N) is 3. The summed E-state index contributed by atoms with van der Waals surface area (Å²) < 4.78 is 19.6. The van der Waals surface area contributed by atoms with Crippen LogP contribution in [0.25, 0.3) is 0 Å². The predicted molar refractivity (Wildman–Crippen MR) is 122 cm³/mol. The Bertz CT molecular complexity index is 1080. The minimum atomic E-state index is -0.406. The Morgan fingerprint density at radius 1 is 1.03 bits per heavy atom. The van der Waals surface area contributed by atoms with Crippen LogP contribution in [0.5, 0.6) is 0 Å². The van der Waals surface area contributed by atoms with Gasteiger partial charge in [0.25, 0.3) is 5.91 Å². The molecule has 0 N–H and O–H groups in total. The molecule has 170 valence electrons. The molecular weight excluding hydrogens is 421 g/mol. The smallest absolute Gasteiger partial charge is 0.255 e. The summed E-state index contributed by atoms with van der Waals surface area (Å²) in [4.78, 5) is 33.4. The van der Waals surface area contributed by atoms with Crippen molar-refractivity contribution in [3.63, 3.8) is 0 Å². The number of carbonyl (C=O) groups excluding carboxylic acids is 2. The van der Waals surface area contributed by atoms with Crippen LogP contribution in [-0.4, -0.2) is 58.9 Å². The maximum Gasteiger partial charge on any atom is 0.255 e. The monoisotopic (exact) mass is 447 g/mol. The van der Waals surface area contributed by atoms with Crippen LogP contribution in [0.4, 0.5) is 4.39 Å². The van der Waals surface area contributed by atoms with Gasteiger partial charge in [-0.25, -0.2) is 4.39 Å². The highest BCUT2D eigenvalue weighted by Crippen LogP contribution is 2.15. The lowest BCUT2D eigenvalue weighted by atomic mass is 10.1. The third-order valence-corrected chi connectivity index (χ3v) is 5.61. The van der Waals surface area contributed by atoms with Gasteiger partial charge >= 0.3 is 0 Å². The molecule has 2 heterocycles. The number of ether oxygens (including phenoxy) is 1. The third kappa shape index (κ3) is 6.23. The second kappa shape index (κ2) is 10.8. The average Bonchev–Trinajstić information content (AvgIpc) is 3.00. The van der Waals surface area contributed by atoms with E-state index in [9.17, 15) is 14.0 Å². The molecule has 0 bridgehead atoms. The maximum atomic E-state index is 13.6. The molecule has 33 heavy (non-hydrogen) atoms. The molecule has 7 heteroatoms. The molecule has 3 aromatic rings. The fraction of sp³-hybridized carbons (Fsp3) is 0.269. The van der Waals surface area contributed by atoms with Crippen molar-refractivity contribution in [3.8, 4) is 0 Å². The summed E-state index contributed by atoms with van der Waals surface area (Å²) in [6.07, 6.45) is 3.39. The Balaban J connectivity index is 1.49. The Kier molecular flexibility index (Phi) is 7.42. The molecule has 1 fully saturated rings. The van der Waals surface area contributed by atoms with E-state index in [0.29, 0.717) is 30.6 Å². The first kappa shape index (κ1) is 22.6. The van der Waals surface area contributed by atoms with E-state index in [2.05, 4.69) is 4.98 Å². The van der Waals surface area contributed by atoms with Gasteiger partial charge in [-0.3, -0.25) is 14.6 Å². The number of hydrogen-bond acceptors (Lipinski definition) is 4. The van der Waals surface area contributed by atoms with Crippen LogP contribution in [0.2, 0.25) is 0 Å². The zero-order valence-electron chi connectivity index (χ0n) is 18.3. The minimum Gasteiger partial charge on any atom is -0.370 e. The molecule has 0 radical (unpaired) electrons. The molecular formula is C26H26FN3O3. The lowest BCUT2D eigenvalue weighted by molar-refractivity contribution is -0.131. The number of hydrogen-bond donors (Lipinski definition) is 0. The summed E-state index contributed by atoms with van der Waals surface area (Å²) in [5.74, 6) is -0.717. The number of halogens is 1. The van der Waals surface area contributed by atoms with Crippen molar-refractivity contribution in [1.29, 1.82) is 0 Å². The molecule has 0 saturated carbocycles. The van der Waals surface area contributed by atoms with Crippen LogP contribution in [0.3, 0.4) is 0 Å². The highest BCUT2D eigenvalue weighted by molar-refractivity contribution is 5.96. The third-order valence-electron chi connectivity index (χ3n) is 5.61. The van der Waals surface area contributed by atoms with Crippen LogP contribution in [0.1, 0.15) is 21.5 Å². The summed E-state index contributed by atoms with van der Waals surface area (Å²) in [7, 11) is 0. The van der Waals surface area contributed by atoms with E-state index in [0.717, 1.165) is 5.56 Å². The number of pyridine rings is 1. The lowest BCUT2D eigenvalue weighted by Crippen LogP contribution is -2.40. The molecule has 1 atom stereocenters. The quantitative estimate of drug-likeness (QED) is 0.557. The molecule has 1 aliphatic rings. The molecule has 0 aliphatic carbocycles. The molecule has 2 amide bonds. The van der Waals surface area contributed by atoms with Crippen molar-refractivity contribution in [2.75, 3.05) is 26.2 Å². The van der Waals surface area contributed by atoms with Crippen LogP contribution in [-0.2, 0) is 22.6 Å². The summed E-state index contributed by atoms with van der Waals surface area (Å²) in [5, 5.41) is 0. The zero-order chi connectivity index (χ0) is 23.0. The number of rotatable bonds is 7. The topological polar surface area (TPSA) is 62.7 Å². The van der Waals surface area contributed by atoms with Gasteiger partial charge in [0, 0.05) is 32.0 Å². The van der Waals surface area contributed by atoms with Crippen LogP contribution >= 0.6 is 0 Å². The van der Waals surface area contributed by atoms with Gasteiger partial charge in [0.1, 0.15) is 12.4 Å². The van der Waals surface area contributed by atoms with Crippen molar-refractivity contribution in [2.45, 2.75) is 19.1 Å². The van der Waals surface area contributed by atoms with Gasteiger partial charge in [-0.15, -0.1) is 0 Å². The predicted octanol–water partition coefficient (Wildman–Crippen LogP) is 3.33. The first-order chi connectivity index (χ1) is 16.1. The van der Waals surface area contributed by atoms with Gasteiger partial charge in [0.15, 0.2) is 0 Å². The Labute approximate surface area is 192 Å². The van der Waals surface area contributed by atoms with E-state index in [1.54, 1.807) is 35.4 Å². The number of carbonyl (C=O) groups is 2. The van der Waals surface area contributed by atoms with Crippen LogP contribution < -0.4 is 0 Å². The van der Waals surface area contributed by atoms with Crippen molar-refractivity contribution in [3.05, 3.63) is 102 Å². The summed E-state index contributed by atoms with van der Waals surface area (Å²) in [6.45, 7) is 1.31. The van der Waals surface area contributed by atoms with Crippen molar-refractivity contribution in [2.24, 2.45) is 0 Å². The van der Waals surface area contributed by atoms with Gasteiger partial charge in [0.2, 0.25) is 5.91 Å².